The average molecular weight is 585 g/mol. The van der Waals surface area contributed by atoms with Crippen molar-refractivity contribution in [2.45, 2.75) is 102 Å². The number of likely N-dealkylation sites (tertiary alicyclic amines) is 1. The molecule has 1 saturated heterocycles. The number of aliphatic hydroxyl groups excluding tert-OH is 1. The van der Waals surface area contributed by atoms with Gasteiger partial charge in [0, 0.05) is 44.3 Å². The van der Waals surface area contributed by atoms with Crippen LogP contribution in [0.25, 0.3) is 16.1 Å². The van der Waals surface area contributed by atoms with Crippen molar-refractivity contribution < 1.29 is 19.4 Å². The van der Waals surface area contributed by atoms with E-state index in [1.54, 1.807) is 6.20 Å². The molecule has 1 unspecified atom stereocenters. The summed E-state index contributed by atoms with van der Waals surface area (Å²) >= 11 is 1.53. The number of allylic oxidation sites excluding steroid dienone is 1. The zero-order chi connectivity index (χ0) is 28.5. The first-order valence-corrected chi connectivity index (χ1v) is 19.5. The van der Waals surface area contributed by atoms with Crippen LogP contribution in [0.4, 0.5) is 0 Å². The van der Waals surface area contributed by atoms with Crippen LogP contribution in [0.1, 0.15) is 74.3 Å². The van der Waals surface area contributed by atoms with E-state index in [9.17, 15) is 14.7 Å². The van der Waals surface area contributed by atoms with E-state index in [0.29, 0.717) is 68.1 Å². The molecule has 2 aromatic rings. The van der Waals surface area contributed by atoms with Crippen molar-refractivity contribution in [3.8, 4) is 0 Å². The standard InChI is InChI=1S/C30H44N4O4SSi/c1-30(12-6-5-7-13-30)27(36)22-19-34(20-38-16-17-40(2,3)4)28-26(22)32-23(18-31-28)24-8-9-25(39-24)29(37)33-14-10-21(35)11-15-33/h8,18-19,21,25,35H,5-7,9-17,20H2,1-4H3. The molecule has 0 bridgehead atoms. The smallest absolute Gasteiger partial charge is 0.236 e. The molecule has 3 aliphatic rings. The number of nitrogens with zero attached hydrogens (tertiary/aromatic N) is 4. The summed E-state index contributed by atoms with van der Waals surface area (Å²) < 4.78 is 7.98. The zero-order valence-corrected chi connectivity index (χ0v) is 26.3. The van der Waals surface area contributed by atoms with Gasteiger partial charge in [-0.05, 0) is 38.1 Å². The van der Waals surface area contributed by atoms with E-state index in [-0.39, 0.29) is 28.5 Å². The van der Waals surface area contributed by atoms with E-state index in [2.05, 4.69) is 32.6 Å². The molecular formula is C30H44N4O4SSi. The zero-order valence-electron chi connectivity index (χ0n) is 24.4. The highest BCUT2D eigenvalue weighted by molar-refractivity contribution is 8.09. The Morgan fingerprint density at radius 1 is 1.18 bits per heavy atom. The van der Waals surface area contributed by atoms with E-state index in [1.165, 1.54) is 18.2 Å². The van der Waals surface area contributed by atoms with E-state index in [0.717, 1.165) is 36.6 Å². The number of carbonyl (C=O) groups excluding carboxylic acids is 2. The van der Waals surface area contributed by atoms with E-state index in [1.807, 2.05) is 15.7 Å². The SMILES string of the molecule is CC1(C(=O)c2cn(COCC[Si](C)(C)C)c3ncc(C4=CCC(C(=O)N5CCC(O)CC5)S4)nc23)CCCCC1. The van der Waals surface area contributed by atoms with Gasteiger partial charge in [-0.2, -0.15) is 0 Å². The Hall–Kier alpha value is -2.01. The van der Waals surface area contributed by atoms with Crippen LogP contribution in [0.3, 0.4) is 0 Å². The molecule has 2 fully saturated rings. The minimum absolute atomic E-state index is 0.125. The van der Waals surface area contributed by atoms with Gasteiger partial charge in [0.1, 0.15) is 12.2 Å². The second kappa shape index (κ2) is 12.1. The normalized spacial score (nSPS) is 22.1. The third-order valence-corrected chi connectivity index (χ3v) is 11.6. The highest BCUT2D eigenvalue weighted by Gasteiger charge is 2.38. The van der Waals surface area contributed by atoms with Gasteiger partial charge < -0.3 is 19.3 Å². The molecule has 0 radical (unpaired) electrons. The van der Waals surface area contributed by atoms with Gasteiger partial charge in [-0.25, -0.2) is 9.97 Å². The summed E-state index contributed by atoms with van der Waals surface area (Å²) in [5.74, 6) is 0.276. The molecule has 218 valence electrons. The number of hydrogen-bond acceptors (Lipinski definition) is 7. The lowest BCUT2D eigenvalue weighted by atomic mass is 9.71. The molecule has 0 spiro atoms. The molecule has 1 atom stereocenters. The number of aliphatic hydroxyl groups is 1. The molecule has 2 aromatic heterocycles. The summed E-state index contributed by atoms with van der Waals surface area (Å²) in [5, 5.41) is 9.62. The minimum Gasteiger partial charge on any atom is -0.393 e. The van der Waals surface area contributed by atoms with Gasteiger partial charge in [0.2, 0.25) is 5.91 Å². The van der Waals surface area contributed by atoms with Crippen LogP contribution in [0.2, 0.25) is 25.7 Å². The Morgan fingerprint density at radius 2 is 1.90 bits per heavy atom. The first kappa shape index (κ1) is 29.5. The molecule has 1 aliphatic carbocycles. The lowest BCUT2D eigenvalue weighted by Gasteiger charge is -2.31. The third kappa shape index (κ3) is 6.55. The van der Waals surface area contributed by atoms with Crippen molar-refractivity contribution >= 4 is 47.6 Å². The fraction of sp³-hybridized carbons (Fsp3) is 0.667. The lowest BCUT2D eigenvalue weighted by molar-refractivity contribution is -0.132. The van der Waals surface area contributed by atoms with Gasteiger partial charge >= 0.3 is 0 Å². The van der Waals surface area contributed by atoms with Crippen LogP contribution in [0, 0.1) is 5.41 Å². The molecule has 8 nitrogen and oxygen atoms in total. The van der Waals surface area contributed by atoms with Crippen LogP contribution < -0.4 is 0 Å². The largest absolute Gasteiger partial charge is 0.393 e. The Morgan fingerprint density at radius 3 is 2.60 bits per heavy atom. The Bertz CT molecular complexity index is 1270. The predicted octanol–water partition coefficient (Wildman–Crippen LogP) is 5.73. The summed E-state index contributed by atoms with van der Waals surface area (Å²) in [6, 6.07) is 1.08. The van der Waals surface area contributed by atoms with Gasteiger partial charge in [0.05, 0.1) is 28.8 Å². The molecule has 1 N–H and O–H groups in total. The molecular weight excluding hydrogens is 541 g/mol. The molecule has 2 aliphatic heterocycles. The number of piperidine rings is 1. The first-order valence-electron chi connectivity index (χ1n) is 14.9. The van der Waals surface area contributed by atoms with E-state index >= 15 is 0 Å². The summed E-state index contributed by atoms with van der Waals surface area (Å²) in [4.78, 5) is 39.7. The van der Waals surface area contributed by atoms with Crippen molar-refractivity contribution in [1.29, 1.82) is 0 Å². The van der Waals surface area contributed by atoms with Crippen molar-refractivity contribution in [2.24, 2.45) is 5.41 Å². The predicted molar refractivity (Wildman–Crippen MR) is 163 cm³/mol. The fourth-order valence-electron chi connectivity index (χ4n) is 5.93. The Kier molecular flexibility index (Phi) is 8.90. The molecule has 4 heterocycles. The highest BCUT2D eigenvalue weighted by Crippen LogP contribution is 2.42. The fourth-order valence-corrected chi connectivity index (χ4v) is 7.85. The number of ketones is 1. The maximum atomic E-state index is 14.0. The third-order valence-electron chi connectivity index (χ3n) is 8.63. The molecule has 10 heteroatoms. The molecule has 1 amide bonds. The van der Waals surface area contributed by atoms with Crippen molar-refractivity contribution in [2.75, 3.05) is 19.7 Å². The molecule has 5 rings (SSSR count). The van der Waals surface area contributed by atoms with Gasteiger partial charge in [-0.3, -0.25) is 9.59 Å². The summed E-state index contributed by atoms with van der Waals surface area (Å²) in [6.07, 6.45) is 12.5. The number of thioether (sulfide) groups is 1. The summed E-state index contributed by atoms with van der Waals surface area (Å²) in [7, 11) is -1.21. The number of carbonyl (C=O) groups is 2. The minimum atomic E-state index is -1.21. The quantitative estimate of drug-likeness (QED) is 0.228. The number of fused-ring (bicyclic) bond motifs is 1. The van der Waals surface area contributed by atoms with Gasteiger partial charge in [0.25, 0.3) is 0 Å². The number of amides is 1. The van der Waals surface area contributed by atoms with E-state index < -0.39 is 8.07 Å². The lowest BCUT2D eigenvalue weighted by Crippen LogP contribution is -2.43. The van der Waals surface area contributed by atoms with Gasteiger partial charge in [-0.15, -0.1) is 11.8 Å². The first-order chi connectivity index (χ1) is 19.0. The van der Waals surface area contributed by atoms with Crippen LogP contribution in [-0.2, 0) is 16.3 Å². The summed E-state index contributed by atoms with van der Waals surface area (Å²) in [6.45, 7) is 11.4. The maximum Gasteiger partial charge on any atom is 0.236 e. The van der Waals surface area contributed by atoms with Crippen molar-refractivity contribution in [3.63, 3.8) is 0 Å². The van der Waals surface area contributed by atoms with Crippen LogP contribution >= 0.6 is 11.8 Å². The molecule has 1 saturated carbocycles. The number of hydrogen-bond donors (Lipinski definition) is 1. The maximum absolute atomic E-state index is 14.0. The van der Waals surface area contributed by atoms with Crippen LogP contribution in [-0.4, -0.2) is 75.4 Å². The van der Waals surface area contributed by atoms with Gasteiger partial charge in [0.15, 0.2) is 11.4 Å². The van der Waals surface area contributed by atoms with Crippen LogP contribution in [0.15, 0.2) is 18.5 Å². The van der Waals surface area contributed by atoms with Crippen molar-refractivity contribution in [3.05, 3.63) is 29.7 Å². The number of aromatic nitrogens is 3. The van der Waals surface area contributed by atoms with Gasteiger partial charge in [-0.1, -0.05) is 51.9 Å². The molecule has 0 aromatic carbocycles. The molecule has 40 heavy (non-hydrogen) atoms. The average Bonchev–Trinajstić information content (AvgIpc) is 3.56. The van der Waals surface area contributed by atoms with E-state index in [4.69, 9.17) is 14.7 Å². The van der Waals surface area contributed by atoms with Crippen molar-refractivity contribution in [1.82, 2.24) is 19.4 Å². The van der Waals surface area contributed by atoms with Crippen LogP contribution in [0.5, 0.6) is 0 Å². The monoisotopic (exact) mass is 584 g/mol. The summed E-state index contributed by atoms with van der Waals surface area (Å²) in [5.41, 5.74) is 2.26. The second-order valence-corrected chi connectivity index (χ2v) is 20.1. The number of rotatable bonds is 9. The topological polar surface area (TPSA) is 97.6 Å². The second-order valence-electron chi connectivity index (χ2n) is 13.2. The number of Topliss-reactive ketones (excluding diaryl/α,β-unsaturated/α-hetero) is 1. The number of ether oxygens (including phenoxy) is 1. The Labute approximate surface area is 243 Å². The Balaban J connectivity index is 1.38. The highest BCUT2D eigenvalue weighted by atomic mass is 32.2.